The zero-order valence-corrected chi connectivity index (χ0v) is 13.5. The number of hydrogen-bond acceptors (Lipinski definition) is 4. The molecule has 0 atom stereocenters. The molecule has 0 saturated heterocycles. The van der Waals surface area contributed by atoms with Gasteiger partial charge in [-0.05, 0) is 42.5 Å². The molecule has 1 aromatic heterocycles. The minimum Gasteiger partial charge on any atom is -0.497 e. The van der Waals surface area contributed by atoms with E-state index in [4.69, 9.17) is 4.74 Å². The number of hydrogen-bond donors (Lipinski definition) is 2. The van der Waals surface area contributed by atoms with E-state index in [0.29, 0.717) is 17.0 Å². The predicted molar refractivity (Wildman–Crippen MR) is 89.0 cm³/mol. The van der Waals surface area contributed by atoms with Crippen molar-refractivity contribution in [3.05, 3.63) is 64.4 Å². The Bertz CT molecular complexity index is 988. The van der Waals surface area contributed by atoms with Crippen molar-refractivity contribution in [3.8, 4) is 17.0 Å². The number of aromatic nitrogens is 2. The highest BCUT2D eigenvalue weighted by Gasteiger charge is 2.30. The Morgan fingerprint density at radius 3 is 2.38 bits per heavy atom. The largest absolute Gasteiger partial charge is 0.497 e. The number of nitrogens with one attached hydrogen (secondary N) is 2. The predicted octanol–water partition coefficient (Wildman–Crippen LogP) is 4.81. The topological polar surface area (TPSA) is 82.6 Å². The standard InChI is InChI=1S/C17H13F3N4O2/c1-26-13-7-5-10(6-8-13)14-15(16(25)24-22-14)23-21-12-4-2-3-11(9-12)17(18,19)20/h2-9H,1H3,(H2,22,24,25). The molecule has 3 rings (SSSR count). The number of rotatable bonds is 4. The summed E-state index contributed by atoms with van der Waals surface area (Å²) in [7, 11) is 1.53. The molecule has 0 aliphatic rings. The van der Waals surface area contributed by atoms with Crippen LogP contribution in [0.1, 0.15) is 5.56 Å². The molecule has 0 aliphatic carbocycles. The van der Waals surface area contributed by atoms with Crippen LogP contribution in [0.5, 0.6) is 5.75 Å². The van der Waals surface area contributed by atoms with Crippen molar-refractivity contribution in [2.75, 3.05) is 7.11 Å². The van der Waals surface area contributed by atoms with E-state index in [1.54, 1.807) is 24.3 Å². The molecule has 6 nitrogen and oxygen atoms in total. The van der Waals surface area contributed by atoms with Crippen molar-refractivity contribution in [1.29, 1.82) is 0 Å². The fraction of sp³-hybridized carbons (Fsp3) is 0.118. The lowest BCUT2D eigenvalue weighted by molar-refractivity contribution is -0.137. The highest BCUT2D eigenvalue weighted by atomic mass is 19.4. The Morgan fingerprint density at radius 1 is 1.00 bits per heavy atom. The van der Waals surface area contributed by atoms with Gasteiger partial charge in [0.25, 0.3) is 5.56 Å². The maximum atomic E-state index is 12.8. The van der Waals surface area contributed by atoms with Crippen LogP contribution in [-0.2, 0) is 6.18 Å². The molecule has 26 heavy (non-hydrogen) atoms. The zero-order chi connectivity index (χ0) is 18.7. The summed E-state index contributed by atoms with van der Waals surface area (Å²) < 4.78 is 43.3. The highest BCUT2D eigenvalue weighted by Crippen LogP contribution is 2.32. The molecule has 1 heterocycles. The Hall–Kier alpha value is -3.36. The molecular weight excluding hydrogens is 349 g/mol. The van der Waals surface area contributed by atoms with Gasteiger partial charge in [-0.25, -0.2) is 0 Å². The first-order valence-electron chi connectivity index (χ1n) is 7.42. The van der Waals surface area contributed by atoms with Gasteiger partial charge in [-0.1, -0.05) is 6.07 Å². The average molecular weight is 362 g/mol. The summed E-state index contributed by atoms with van der Waals surface area (Å²) in [5.74, 6) is 0.638. The van der Waals surface area contributed by atoms with Gasteiger partial charge in [-0.2, -0.15) is 18.3 Å². The first-order valence-corrected chi connectivity index (χ1v) is 7.42. The molecule has 0 amide bonds. The quantitative estimate of drug-likeness (QED) is 0.653. The van der Waals surface area contributed by atoms with Crippen LogP contribution in [0.15, 0.2) is 63.6 Å². The summed E-state index contributed by atoms with van der Waals surface area (Å²) in [6.07, 6.45) is -4.48. The SMILES string of the molecule is COc1ccc(-c2[nH][nH]c(=O)c2N=Nc2cccc(C(F)(F)F)c2)cc1. The molecular formula is C17H13F3N4O2. The fourth-order valence-corrected chi connectivity index (χ4v) is 2.27. The maximum Gasteiger partial charge on any atom is 0.416 e. The number of nitrogens with zero attached hydrogens (tertiary/aromatic N) is 2. The Kier molecular flexibility index (Phi) is 4.61. The van der Waals surface area contributed by atoms with Crippen molar-refractivity contribution in [2.24, 2.45) is 10.2 Å². The van der Waals surface area contributed by atoms with Gasteiger partial charge in [0.1, 0.15) is 5.75 Å². The number of halogens is 3. The highest BCUT2D eigenvalue weighted by molar-refractivity contribution is 5.71. The first-order chi connectivity index (χ1) is 12.4. The molecule has 0 spiro atoms. The normalized spacial score (nSPS) is 11.8. The van der Waals surface area contributed by atoms with Gasteiger partial charge in [-0.3, -0.25) is 15.0 Å². The number of methoxy groups -OCH3 is 1. The molecule has 134 valence electrons. The van der Waals surface area contributed by atoms with Gasteiger partial charge < -0.3 is 4.74 Å². The number of alkyl halides is 3. The summed E-state index contributed by atoms with van der Waals surface area (Å²) in [5.41, 5.74) is -0.414. The maximum absolute atomic E-state index is 12.8. The lowest BCUT2D eigenvalue weighted by Gasteiger charge is -2.06. The molecule has 0 unspecified atom stereocenters. The van der Waals surface area contributed by atoms with Gasteiger partial charge in [0, 0.05) is 5.56 Å². The van der Waals surface area contributed by atoms with Crippen molar-refractivity contribution in [1.82, 2.24) is 10.2 Å². The number of aromatic amines is 2. The molecule has 0 aliphatic heterocycles. The Morgan fingerprint density at radius 2 is 1.73 bits per heavy atom. The third kappa shape index (κ3) is 3.66. The van der Waals surface area contributed by atoms with E-state index in [-0.39, 0.29) is 11.4 Å². The third-order valence-electron chi connectivity index (χ3n) is 3.57. The zero-order valence-electron chi connectivity index (χ0n) is 13.5. The lowest BCUT2D eigenvalue weighted by atomic mass is 10.1. The van der Waals surface area contributed by atoms with E-state index in [2.05, 4.69) is 20.4 Å². The molecule has 2 aromatic carbocycles. The van der Waals surface area contributed by atoms with E-state index in [9.17, 15) is 18.0 Å². The van der Waals surface area contributed by atoms with Crippen LogP contribution in [0.3, 0.4) is 0 Å². The molecule has 0 fully saturated rings. The average Bonchev–Trinajstić information content (AvgIpc) is 3.00. The fourth-order valence-electron chi connectivity index (χ4n) is 2.27. The second-order valence-corrected chi connectivity index (χ2v) is 5.28. The van der Waals surface area contributed by atoms with Crippen LogP contribution in [0.2, 0.25) is 0 Å². The van der Waals surface area contributed by atoms with Crippen LogP contribution >= 0.6 is 0 Å². The Labute approximate surface area is 145 Å². The number of azo groups is 1. The molecule has 0 saturated carbocycles. The first kappa shape index (κ1) is 17.5. The lowest BCUT2D eigenvalue weighted by Crippen LogP contribution is -2.03. The van der Waals surface area contributed by atoms with Crippen molar-refractivity contribution >= 4 is 11.4 Å². The van der Waals surface area contributed by atoms with Gasteiger partial charge in [0.15, 0.2) is 5.69 Å². The summed E-state index contributed by atoms with van der Waals surface area (Å²) in [6.45, 7) is 0. The third-order valence-corrected chi connectivity index (χ3v) is 3.57. The van der Waals surface area contributed by atoms with Crippen molar-refractivity contribution in [3.63, 3.8) is 0 Å². The van der Waals surface area contributed by atoms with Gasteiger partial charge in [0.05, 0.1) is 24.1 Å². The molecule has 3 aromatic rings. The van der Waals surface area contributed by atoms with Crippen LogP contribution < -0.4 is 10.3 Å². The molecule has 9 heteroatoms. The minimum atomic E-state index is -4.48. The summed E-state index contributed by atoms with van der Waals surface area (Å²) in [5, 5.41) is 12.7. The van der Waals surface area contributed by atoms with Crippen LogP contribution in [0.25, 0.3) is 11.3 Å². The van der Waals surface area contributed by atoms with Gasteiger partial charge >= 0.3 is 6.18 Å². The van der Waals surface area contributed by atoms with Crippen LogP contribution in [-0.4, -0.2) is 17.3 Å². The number of H-pyrrole nitrogens is 2. The molecule has 2 N–H and O–H groups in total. The van der Waals surface area contributed by atoms with E-state index in [1.165, 1.54) is 19.2 Å². The summed E-state index contributed by atoms with van der Waals surface area (Å²) in [4.78, 5) is 11.9. The molecule has 0 radical (unpaired) electrons. The minimum absolute atomic E-state index is 0.0129. The van der Waals surface area contributed by atoms with E-state index < -0.39 is 17.3 Å². The smallest absolute Gasteiger partial charge is 0.416 e. The van der Waals surface area contributed by atoms with Crippen LogP contribution in [0.4, 0.5) is 24.5 Å². The van der Waals surface area contributed by atoms with Crippen LogP contribution in [0, 0.1) is 0 Å². The Balaban J connectivity index is 1.94. The second kappa shape index (κ2) is 6.87. The van der Waals surface area contributed by atoms with E-state index in [1.807, 2.05) is 0 Å². The van der Waals surface area contributed by atoms with E-state index >= 15 is 0 Å². The van der Waals surface area contributed by atoms with E-state index in [0.717, 1.165) is 12.1 Å². The van der Waals surface area contributed by atoms with Gasteiger partial charge in [-0.15, -0.1) is 5.11 Å². The van der Waals surface area contributed by atoms with Crippen molar-refractivity contribution in [2.45, 2.75) is 6.18 Å². The van der Waals surface area contributed by atoms with Crippen molar-refractivity contribution < 1.29 is 17.9 Å². The molecule has 0 bridgehead atoms. The van der Waals surface area contributed by atoms with Gasteiger partial charge in [0.2, 0.25) is 0 Å². The number of benzene rings is 2. The summed E-state index contributed by atoms with van der Waals surface area (Å²) >= 11 is 0. The monoisotopic (exact) mass is 362 g/mol. The second-order valence-electron chi connectivity index (χ2n) is 5.28. The number of ether oxygens (including phenoxy) is 1. The summed E-state index contributed by atoms with van der Waals surface area (Å²) in [6, 6.07) is 11.2.